The zero-order valence-corrected chi connectivity index (χ0v) is 17.3. The molecule has 166 valence electrons. The molecule has 2 amide bonds. The van der Waals surface area contributed by atoms with Gasteiger partial charge in [-0.05, 0) is 48.9 Å². The average Bonchev–Trinajstić information content (AvgIpc) is 2.79. The summed E-state index contributed by atoms with van der Waals surface area (Å²) < 4.78 is 38.8. The van der Waals surface area contributed by atoms with Gasteiger partial charge in [0.2, 0.25) is 0 Å². The number of fused-ring (bicyclic) bond motifs is 1. The van der Waals surface area contributed by atoms with Gasteiger partial charge in [0.1, 0.15) is 0 Å². The van der Waals surface area contributed by atoms with E-state index in [1.807, 2.05) is 0 Å². The Hall–Kier alpha value is -4.27. The molecule has 4 rings (SSSR count). The van der Waals surface area contributed by atoms with E-state index >= 15 is 0 Å². The number of aryl methyl sites for hydroxylation is 1. The Morgan fingerprint density at radius 1 is 0.879 bits per heavy atom. The largest absolute Gasteiger partial charge is 0.416 e. The Kier molecular flexibility index (Phi) is 5.78. The predicted molar refractivity (Wildman–Crippen MR) is 118 cm³/mol. The van der Waals surface area contributed by atoms with Crippen molar-refractivity contribution in [2.45, 2.75) is 13.1 Å². The number of alkyl halides is 3. The van der Waals surface area contributed by atoms with E-state index in [0.717, 1.165) is 12.1 Å². The maximum absolute atomic E-state index is 12.9. The Morgan fingerprint density at radius 2 is 1.67 bits per heavy atom. The smallest absolute Gasteiger partial charge is 0.322 e. The summed E-state index contributed by atoms with van der Waals surface area (Å²) in [5, 5.41) is 13.7. The van der Waals surface area contributed by atoms with E-state index in [1.54, 1.807) is 37.3 Å². The van der Waals surface area contributed by atoms with E-state index in [9.17, 15) is 22.8 Å². The minimum absolute atomic E-state index is 0.00955. The van der Waals surface area contributed by atoms with Crippen LogP contribution in [0.3, 0.4) is 0 Å². The zero-order valence-electron chi connectivity index (χ0n) is 17.3. The van der Waals surface area contributed by atoms with Crippen LogP contribution in [0.15, 0.2) is 72.9 Å². The number of nitrogens with one attached hydrogen (secondary N) is 2. The predicted octanol–water partition coefficient (Wildman–Crippen LogP) is 5.46. The molecule has 0 fully saturated rings. The highest BCUT2D eigenvalue weighted by molar-refractivity contribution is 6.13. The third kappa shape index (κ3) is 4.82. The van der Waals surface area contributed by atoms with E-state index in [-0.39, 0.29) is 11.3 Å². The Morgan fingerprint density at radius 3 is 2.45 bits per heavy atom. The molecule has 0 radical (unpaired) electrons. The molecular weight excluding hydrogens is 433 g/mol. The molecule has 1 aromatic heterocycles. The van der Waals surface area contributed by atoms with Gasteiger partial charge in [0.25, 0.3) is 11.8 Å². The number of benzene rings is 3. The van der Waals surface area contributed by atoms with Gasteiger partial charge in [-0.25, -0.2) is 0 Å². The van der Waals surface area contributed by atoms with Gasteiger partial charge in [-0.2, -0.15) is 23.4 Å². The first kappa shape index (κ1) is 21.9. The number of carbonyl (C=O) groups excluding carboxylic acids is 2. The van der Waals surface area contributed by atoms with Crippen LogP contribution in [0.2, 0.25) is 0 Å². The van der Waals surface area contributed by atoms with Crippen LogP contribution in [0, 0.1) is 6.92 Å². The molecular formula is C24H17F3N4O2. The number of rotatable bonds is 4. The molecule has 0 aliphatic heterocycles. The topological polar surface area (TPSA) is 84.0 Å². The molecule has 0 saturated carbocycles. The summed E-state index contributed by atoms with van der Waals surface area (Å²) in [6, 6.07) is 16.1. The Bertz CT molecular complexity index is 1360. The van der Waals surface area contributed by atoms with Gasteiger partial charge >= 0.3 is 6.18 Å². The molecule has 1 heterocycles. The summed E-state index contributed by atoms with van der Waals surface area (Å²) in [7, 11) is 0. The number of nitrogens with zero attached hydrogens (tertiary/aromatic N) is 2. The third-order valence-corrected chi connectivity index (χ3v) is 4.99. The van der Waals surface area contributed by atoms with Crippen molar-refractivity contribution in [2.75, 3.05) is 10.6 Å². The van der Waals surface area contributed by atoms with Gasteiger partial charge in [-0.15, -0.1) is 0 Å². The number of hydrogen-bond donors (Lipinski definition) is 2. The minimum atomic E-state index is -4.52. The fourth-order valence-corrected chi connectivity index (χ4v) is 3.25. The molecule has 0 unspecified atom stereocenters. The molecule has 0 bridgehead atoms. The van der Waals surface area contributed by atoms with Crippen molar-refractivity contribution in [1.29, 1.82) is 0 Å². The lowest BCUT2D eigenvalue weighted by Crippen LogP contribution is -2.16. The second kappa shape index (κ2) is 8.70. The van der Waals surface area contributed by atoms with Crippen molar-refractivity contribution in [3.63, 3.8) is 0 Å². The summed E-state index contributed by atoms with van der Waals surface area (Å²) in [6.45, 7) is 1.76. The second-order valence-electron chi connectivity index (χ2n) is 7.29. The van der Waals surface area contributed by atoms with E-state index in [0.29, 0.717) is 27.7 Å². The van der Waals surface area contributed by atoms with Crippen molar-refractivity contribution < 1.29 is 22.8 Å². The number of aromatic nitrogens is 2. The van der Waals surface area contributed by atoms with Crippen molar-refractivity contribution >= 4 is 34.1 Å². The van der Waals surface area contributed by atoms with Crippen molar-refractivity contribution in [2.24, 2.45) is 0 Å². The highest BCUT2D eigenvalue weighted by atomic mass is 19.4. The van der Waals surface area contributed by atoms with E-state index in [4.69, 9.17) is 0 Å². The van der Waals surface area contributed by atoms with E-state index in [2.05, 4.69) is 20.8 Å². The molecule has 0 atom stereocenters. The summed E-state index contributed by atoms with van der Waals surface area (Å²) in [5.41, 5.74) is 1.29. The van der Waals surface area contributed by atoms with Crippen LogP contribution in [0.25, 0.3) is 10.9 Å². The monoisotopic (exact) mass is 450 g/mol. The molecule has 4 aromatic rings. The van der Waals surface area contributed by atoms with Crippen LogP contribution >= 0.6 is 0 Å². The maximum atomic E-state index is 12.9. The summed E-state index contributed by atoms with van der Waals surface area (Å²) in [6.07, 6.45) is -3.16. The van der Waals surface area contributed by atoms with Crippen LogP contribution in [0.5, 0.6) is 0 Å². The standard InChI is InChI=1S/C24H17F3N4O2/c1-14-9-10-15(22(32)29-17-6-4-5-16(12-17)24(25,26)27)11-21(14)30-23(33)19-13-28-31-20-8-3-2-7-18(19)20/h2-13H,1H3,(H,29,32)(H,30,33). The molecule has 33 heavy (non-hydrogen) atoms. The fraction of sp³-hybridized carbons (Fsp3) is 0.0833. The highest BCUT2D eigenvalue weighted by Crippen LogP contribution is 2.31. The first-order valence-electron chi connectivity index (χ1n) is 9.83. The zero-order chi connectivity index (χ0) is 23.6. The fourth-order valence-electron chi connectivity index (χ4n) is 3.25. The SMILES string of the molecule is Cc1ccc(C(=O)Nc2cccc(C(F)(F)F)c2)cc1NC(=O)c1cnnc2ccccc12. The molecule has 0 aliphatic rings. The third-order valence-electron chi connectivity index (χ3n) is 4.99. The van der Waals surface area contributed by atoms with Gasteiger partial charge in [-0.3, -0.25) is 9.59 Å². The number of carbonyl (C=O) groups is 2. The lowest BCUT2D eigenvalue weighted by Gasteiger charge is -2.13. The molecule has 0 saturated heterocycles. The second-order valence-corrected chi connectivity index (χ2v) is 7.29. The number of amides is 2. The van der Waals surface area contributed by atoms with Crippen molar-refractivity contribution in [3.8, 4) is 0 Å². The highest BCUT2D eigenvalue weighted by Gasteiger charge is 2.30. The molecule has 6 nitrogen and oxygen atoms in total. The van der Waals surface area contributed by atoms with Crippen molar-refractivity contribution in [3.05, 3.63) is 95.2 Å². The summed E-state index contributed by atoms with van der Waals surface area (Å²) >= 11 is 0. The normalized spacial score (nSPS) is 11.3. The van der Waals surface area contributed by atoms with Gasteiger partial charge in [0.15, 0.2) is 0 Å². The summed E-state index contributed by atoms with van der Waals surface area (Å²) in [5.74, 6) is -1.04. The molecule has 0 spiro atoms. The van der Waals surface area contributed by atoms with Gasteiger partial charge in [0.05, 0.1) is 22.8 Å². The molecule has 2 N–H and O–H groups in total. The lowest BCUT2D eigenvalue weighted by molar-refractivity contribution is -0.137. The molecule has 3 aromatic carbocycles. The van der Waals surface area contributed by atoms with Crippen LogP contribution in [0.4, 0.5) is 24.5 Å². The van der Waals surface area contributed by atoms with Gasteiger partial charge in [-0.1, -0.05) is 30.3 Å². The van der Waals surface area contributed by atoms with E-state index in [1.165, 1.54) is 30.5 Å². The van der Waals surface area contributed by atoms with Crippen LogP contribution in [-0.4, -0.2) is 22.0 Å². The molecule has 9 heteroatoms. The Labute approximate surface area is 186 Å². The van der Waals surface area contributed by atoms with Gasteiger partial charge < -0.3 is 10.6 Å². The lowest BCUT2D eigenvalue weighted by atomic mass is 10.1. The first-order chi connectivity index (χ1) is 15.7. The van der Waals surface area contributed by atoms with Crippen LogP contribution in [-0.2, 0) is 6.18 Å². The van der Waals surface area contributed by atoms with Gasteiger partial charge in [0, 0.05) is 22.3 Å². The molecule has 0 aliphatic carbocycles. The van der Waals surface area contributed by atoms with Crippen LogP contribution < -0.4 is 10.6 Å². The average molecular weight is 450 g/mol. The van der Waals surface area contributed by atoms with E-state index < -0.39 is 23.6 Å². The number of anilines is 2. The first-order valence-corrected chi connectivity index (χ1v) is 9.83. The summed E-state index contributed by atoms with van der Waals surface area (Å²) in [4.78, 5) is 25.5. The number of halogens is 3. The van der Waals surface area contributed by atoms with Crippen molar-refractivity contribution in [1.82, 2.24) is 10.2 Å². The van der Waals surface area contributed by atoms with Crippen LogP contribution in [0.1, 0.15) is 31.8 Å². The number of hydrogen-bond acceptors (Lipinski definition) is 4. The quantitative estimate of drug-likeness (QED) is 0.432. The minimum Gasteiger partial charge on any atom is -0.322 e. The Balaban J connectivity index is 1.57. The maximum Gasteiger partial charge on any atom is 0.416 e.